The van der Waals surface area contributed by atoms with Crippen molar-refractivity contribution in [2.24, 2.45) is 5.16 Å². The van der Waals surface area contributed by atoms with Gasteiger partial charge in [0.2, 0.25) is 5.49 Å². The molecule has 2 aliphatic heterocycles. The number of aromatic nitrogens is 3. The average Bonchev–Trinajstić information content (AvgIpc) is 3.41. The van der Waals surface area contributed by atoms with E-state index in [2.05, 4.69) is 15.1 Å². The van der Waals surface area contributed by atoms with Gasteiger partial charge in [-0.15, -0.1) is 0 Å². The standard InChI is InChI=1S/C21H22ClFN4O5/c1-21(2)31-16-15(14(28)10-4-5-12(22)13(23)8-10)30-20(17(16)32-21)27-7-6-11-18(26-29-3)24-9-25-19(11)27/h4-9,14-17,20,28H,1-3H3,(H,24,25,26)/t14-,15-,16-,17-,20-/m1/s1. The number of hydrogen-bond acceptors (Lipinski definition) is 7. The first-order valence-electron chi connectivity index (χ1n) is 10.0. The SMILES string of the molecule is CO/N=c1/nc[nH]c2c1ccn2[C@@H]1O[C@H]([C@H](O)c2ccc(Cl)c(F)c2)[C@H]2OC(C)(C)O[C@H]21. The van der Waals surface area contributed by atoms with Gasteiger partial charge in [0.15, 0.2) is 12.0 Å². The Morgan fingerprint density at radius 1 is 1.31 bits per heavy atom. The fourth-order valence-corrected chi connectivity index (χ4v) is 4.46. The molecule has 3 aromatic rings. The summed E-state index contributed by atoms with van der Waals surface area (Å²) >= 11 is 5.79. The Labute approximate surface area is 187 Å². The van der Waals surface area contributed by atoms with Crippen LogP contribution in [0.15, 0.2) is 41.9 Å². The molecule has 170 valence electrons. The van der Waals surface area contributed by atoms with E-state index < -0.39 is 42.2 Å². The fourth-order valence-electron chi connectivity index (χ4n) is 4.35. The summed E-state index contributed by atoms with van der Waals surface area (Å²) in [6.45, 7) is 3.60. The number of benzene rings is 1. The third-order valence-corrected chi connectivity index (χ3v) is 5.96. The summed E-state index contributed by atoms with van der Waals surface area (Å²) in [6, 6.07) is 5.99. The summed E-state index contributed by atoms with van der Waals surface area (Å²) in [5, 5.41) is 15.7. The number of aliphatic hydroxyl groups excluding tert-OH is 1. The monoisotopic (exact) mass is 464 g/mol. The molecule has 32 heavy (non-hydrogen) atoms. The van der Waals surface area contributed by atoms with Crippen LogP contribution >= 0.6 is 11.6 Å². The van der Waals surface area contributed by atoms with Crippen molar-refractivity contribution in [3.63, 3.8) is 0 Å². The predicted octanol–water partition coefficient (Wildman–Crippen LogP) is 2.77. The number of fused-ring (bicyclic) bond motifs is 2. The molecule has 0 spiro atoms. The maximum Gasteiger partial charge on any atom is 0.203 e. The van der Waals surface area contributed by atoms with Crippen molar-refractivity contribution >= 4 is 22.6 Å². The summed E-state index contributed by atoms with van der Waals surface area (Å²) in [5.41, 5.74) is 1.42. The first kappa shape index (κ1) is 21.4. The molecule has 0 saturated carbocycles. The molecule has 11 heteroatoms. The Balaban J connectivity index is 1.55. The van der Waals surface area contributed by atoms with E-state index in [1.54, 1.807) is 19.9 Å². The molecule has 0 aliphatic carbocycles. The molecule has 2 aliphatic rings. The van der Waals surface area contributed by atoms with Crippen LogP contribution in [0, 0.1) is 5.82 Å². The van der Waals surface area contributed by atoms with Crippen molar-refractivity contribution in [2.45, 2.75) is 50.3 Å². The highest BCUT2D eigenvalue weighted by atomic mass is 35.5. The van der Waals surface area contributed by atoms with Crippen molar-refractivity contribution in [3.8, 4) is 0 Å². The highest BCUT2D eigenvalue weighted by molar-refractivity contribution is 6.30. The number of H-pyrrole nitrogens is 1. The number of nitrogens with one attached hydrogen (secondary N) is 1. The molecular formula is C21H22ClFN4O5. The summed E-state index contributed by atoms with van der Waals surface area (Å²) < 4.78 is 34.3. The zero-order chi connectivity index (χ0) is 22.6. The number of aliphatic hydroxyl groups is 1. The molecular weight excluding hydrogens is 443 g/mol. The minimum atomic E-state index is -1.16. The summed E-state index contributed by atoms with van der Waals surface area (Å²) in [4.78, 5) is 12.2. The van der Waals surface area contributed by atoms with Gasteiger partial charge in [-0.3, -0.25) is 0 Å². The molecule has 1 aromatic carbocycles. The first-order valence-corrected chi connectivity index (χ1v) is 10.4. The van der Waals surface area contributed by atoms with E-state index in [0.717, 1.165) is 5.39 Å². The summed E-state index contributed by atoms with van der Waals surface area (Å²) in [5.74, 6) is -1.50. The van der Waals surface area contributed by atoms with E-state index in [0.29, 0.717) is 16.7 Å². The van der Waals surface area contributed by atoms with Crippen LogP contribution in [0.3, 0.4) is 0 Å². The molecule has 5 rings (SSSR count). The van der Waals surface area contributed by atoms with Crippen LogP contribution in [0.2, 0.25) is 5.02 Å². The van der Waals surface area contributed by atoms with Gasteiger partial charge in [0.1, 0.15) is 43.0 Å². The van der Waals surface area contributed by atoms with Crippen LogP contribution in [-0.2, 0) is 19.0 Å². The predicted molar refractivity (Wildman–Crippen MR) is 111 cm³/mol. The highest BCUT2D eigenvalue weighted by Crippen LogP contribution is 2.47. The maximum atomic E-state index is 14.0. The van der Waals surface area contributed by atoms with Gasteiger partial charge in [0.05, 0.1) is 16.7 Å². The van der Waals surface area contributed by atoms with Crippen molar-refractivity contribution in [2.75, 3.05) is 7.11 Å². The van der Waals surface area contributed by atoms with Gasteiger partial charge >= 0.3 is 0 Å². The number of halogens is 2. The quantitative estimate of drug-likeness (QED) is 0.575. The first-order chi connectivity index (χ1) is 15.3. The lowest BCUT2D eigenvalue weighted by Crippen LogP contribution is -2.34. The van der Waals surface area contributed by atoms with E-state index >= 15 is 0 Å². The lowest BCUT2D eigenvalue weighted by molar-refractivity contribution is -0.207. The molecule has 5 atom stereocenters. The second-order valence-electron chi connectivity index (χ2n) is 8.16. The van der Waals surface area contributed by atoms with Crippen LogP contribution in [-0.4, -0.2) is 50.9 Å². The largest absolute Gasteiger partial charge is 0.397 e. The number of aromatic amines is 1. The minimum Gasteiger partial charge on any atom is -0.397 e. The molecule has 2 aromatic heterocycles. The van der Waals surface area contributed by atoms with Crippen LogP contribution in [0.5, 0.6) is 0 Å². The van der Waals surface area contributed by atoms with Gasteiger partial charge in [-0.1, -0.05) is 22.8 Å². The second kappa shape index (κ2) is 7.82. The number of rotatable bonds is 4. The van der Waals surface area contributed by atoms with Crippen LogP contribution in [0.25, 0.3) is 11.0 Å². The lowest BCUT2D eigenvalue weighted by Gasteiger charge is -2.27. The topological polar surface area (TPSA) is 103 Å². The molecule has 2 fully saturated rings. The van der Waals surface area contributed by atoms with E-state index in [9.17, 15) is 9.50 Å². The van der Waals surface area contributed by atoms with Gasteiger partial charge < -0.3 is 33.7 Å². The smallest absolute Gasteiger partial charge is 0.203 e. The number of ether oxygens (including phenoxy) is 3. The highest BCUT2D eigenvalue weighted by Gasteiger charge is 2.58. The van der Waals surface area contributed by atoms with Crippen molar-refractivity contribution in [1.82, 2.24) is 14.5 Å². The molecule has 0 amide bonds. The van der Waals surface area contributed by atoms with E-state index in [-0.39, 0.29) is 5.02 Å². The Kier molecular flexibility index (Phi) is 5.22. The van der Waals surface area contributed by atoms with Gasteiger partial charge in [-0.05, 0) is 37.6 Å². The number of nitrogens with zero attached hydrogens (tertiary/aromatic N) is 3. The second-order valence-corrected chi connectivity index (χ2v) is 8.57. The third kappa shape index (κ3) is 3.48. The van der Waals surface area contributed by atoms with Crippen molar-refractivity contribution in [1.29, 1.82) is 0 Å². The lowest BCUT2D eigenvalue weighted by atomic mass is 9.99. The van der Waals surface area contributed by atoms with E-state index in [4.69, 9.17) is 30.6 Å². The average molecular weight is 465 g/mol. The summed E-state index contributed by atoms with van der Waals surface area (Å²) in [7, 11) is 1.45. The van der Waals surface area contributed by atoms with E-state index in [1.165, 1.54) is 25.6 Å². The minimum absolute atomic E-state index is 0.0224. The van der Waals surface area contributed by atoms with Crippen molar-refractivity contribution in [3.05, 3.63) is 58.7 Å². The molecule has 4 heterocycles. The molecule has 0 radical (unpaired) electrons. The molecule has 9 nitrogen and oxygen atoms in total. The Hall–Kier alpha value is -2.50. The van der Waals surface area contributed by atoms with Crippen LogP contribution in [0.4, 0.5) is 4.39 Å². The van der Waals surface area contributed by atoms with Crippen LogP contribution in [0.1, 0.15) is 31.7 Å². The zero-order valence-corrected chi connectivity index (χ0v) is 18.3. The molecule has 0 bridgehead atoms. The normalized spacial score (nSPS) is 28.2. The molecule has 0 unspecified atom stereocenters. The van der Waals surface area contributed by atoms with Crippen LogP contribution < -0.4 is 5.49 Å². The summed E-state index contributed by atoms with van der Waals surface area (Å²) in [6.07, 6.45) is -0.414. The van der Waals surface area contributed by atoms with Gasteiger partial charge in [0, 0.05) is 6.20 Å². The Bertz CT molecular complexity index is 1230. The Morgan fingerprint density at radius 3 is 2.84 bits per heavy atom. The number of hydrogen-bond donors (Lipinski definition) is 2. The fraction of sp³-hybridized carbons (Fsp3) is 0.429. The van der Waals surface area contributed by atoms with Gasteiger partial charge in [-0.25, -0.2) is 9.37 Å². The molecule has 2 N–H and O–H groups in total. The third-order valence-electron chi connectivity index (χ3n) is 5.66. The van der Waals surface area contributed by atoms with Crippen molar-refractivity contribution < 1.29 is 28.5 Å². The van der Waals surface area contributed by atoms with E-state index in [1.807, 2.05) is 16.8 Å². The maximum absolute atomic E-state index is 14.0. The van der Waals surface area contributed by atoms with Gasteiger partial charge in [-0.2, -0.15) is 0 Å². The molecule has 2 saturated heterocycles. The van der Waals surface area contributed by atoms with Gasteiger partial charge in [0.25, 0.3) is 0 Å². The zero-order valence-electron chi connectivity index (χ0n) is 17.5. The Morgan fingerprint density at radius 2 is 2.09 bits per heavy atom.